The van der Waals surface area contributed by atoms with Crippen molar-refractivity contribution in [1.29, 1.82) is 0 Å². The van der Waals surface area contributed by atoms with Gasteiger partial charge in [-0.1, -0.05) is 42.1 Å². The van der Waals surface area contributed by atoms with Crippen molar-refractivity contribution in [3.8, 4) is 5.75 Å². The van der Waals surface area contributed by atoms with Crippen LogP contribution in [0.25, 0.3) is 10.9 Å². The van der Waals surface area contributed by atoms with Crippen LogP contribution in [0, 0.1) is 0 Å². The second kappa shape index (κ2) is 8.27. The first-order valence-corrected chi connectivity index (χ1v) is 9.87. The number of thioether (sulfide) groups is 1. The Morgan fingerprint density at radius 3 is 2.57 bits per heavy atom. The normalized spacial score (nSPS) is 10.9. The van der Waals surface area contributed by atoms with Gasteiger partial charge in [0.25, 0.3) is 5.56 Å². The van der Waals surface area contributed by atoms with Crippen LogP contribution >= 0.6 is 11.8 Å². The Hall–Kier alpha value is -3.12. The molecule has 5 nitrogen and oxygen atoms in total. The van der Waals surface area contributed by atoms with Crippen molar-refractivity contribution in [3.63, 3.8) is 0 Å². The number of benzene rings is 2. The van der Waals surface area contributed by atoms with Gasteiger partial charge in [-0.3, -0.25) is 14.3 Å². The summed E-state index contributed by atoms with van der Waals surface area (Å²) in [5, 5.41) is 1.32. The van der Waals surface area contributed by atoms with Gasteiger partial charge in [0, 0.05) is 18.1 Å². The SMILES string of the molecule is COc1ccc(CSc2nc3ccccc3c(=O)n2Cc2cccnc2)cc1. The summed E-state index contributed by atoms with van der Waals surface area (Å²) in [6, 6.07) is 19.2. The number of ether oxygens (including phenoxy) is 1. The lowest BCUT2D eigenvalue weighted by atomic mass is 10.2. The number of rotatable bonds is 6. The van der Waals surface area contributed by atoms with Gasteiger partial charge in [-0.15, -0.1) is 0 Å². The van der Waals surface area contributed by atoms with Crippen LogP contribution in [-0.2, 0) is 12.3 Å². The third kappa shape index (κ3) is 3.92. The van der Waals surface area contributed by atoms with Gasteiger partial charge in [0.15, 0.2) is 5.16 Å². The van der Waals surface area contributed by atoms with Crippen molar-refractivity contribution in [2.24, 2.45) is 0 Å². The van der Waals surface area contributed by atoms with Crippen LogP contribution in [0.2, 0.25) is 0 Å². The molecule has 0 aliphatic heterocycles. The summed E-state index contributed by atoms with van der Waals surface area (Å²) in [5.74, 6) is 1.54. The molecule has 2 aromatic carbocycles. The molecule has 0 atom stereocenters. The first kappa shape index (κ1) is 18.3. The average Bonchev–Trinajstić information content (AvgIpc) is 2.75. The van der Waals surface area contributed by atoms with Crippen LogP contribution in [0.4, 0.5) is 0 Å². The van der Waals surface area contributed by atoms with E-state index in [1.165, 1.54) is 0 Å². The van der Waals surface area contributed by atoms with Gasteiger partial charge in [0.1, 0.15) is 5.75 Å². The molecule has 6 heteroatoms. The molecule has 0 aliphatic rings. The number of nitrogens with zero attached hydrogens (tertiary/aromatic N) is 3. The highest BCUT2D eigenvalue weighted by Gasteiger charge is 2.12. The Kier molecular flexibility index (Phi) is 5.39. The van der Waals surface area contributed by atoms with Crippen LogP contribution in [0.3, 0.4) is 0 Å². The highest BCUT2D eigenvalue weighted by atomic mass is 32.2. The Bertz CT molecular complexity index is 1140. The Labute approximate surface area is 167 Å². The number of pyridine rings is 1. The van der Waals surface area contributed by atoms with Gasteiger partial charge in [-0.05, 0) is 41.5 Å². The van der Waals surface area contributed by atoms with Gasteiger partial charge in [0.2, 0.25) is 0 Å². The molecule has 0 amide bonds. The van der Waals surface area contributed by atoms with Crippen molar-refractivity contribution in [3.05, 3.63) is 94.5 Å². The van der Waals surface area contributed by atoms with Gasteiger partial charge in [-0.2, -0.15) is 0 Å². The predicted molar refractivity (Wildman–Crippen MR) is 112 cm³/mol. The number of hydrogen-bond acceptors (Lipinski definition) is 5. The molecule has 0 saturated carbocycles. The first-order valence-electron chi connectivity index (χ1n) is 8.89. The standard InChI is InChI=1S/C22H19N3O2S/c1-27-18-10-8-16(9-11-18)15-28-22-24-20-7-3-2-6-19(20)21(26)25(22)14-17-5-4-12-23-13-17/h2-13H,14-15H2,1H3. The van der Waals surface area contributed by atoms with Crippen molar-refractivity contribution in [2.45, 2.75) is 17.5 Å². The van der Waals surface area contributed by atoms with Crippen molar-refractivity contribution in [2.75, 3.05) is 7.11 Å². The van der Waals surface area contributed by atoms with Gasteiger partial charge >= 0.3 is 0 Å². The van der Waals surface area contributed by atoms with E-state index in [2.05, 4.69) is 4.98 Å². The van der Waals surface area contributed by atoms with Gasteiger partial charge in [-0.25, -0.2) is 4.98 Å². The molecule has 0 unspecified atom stereocenters. The minimum Gasteiger partial charge on any atom is -0.497 e. The third-order valence-electron chi connectivity index (χ3n) is 4.42. The summed E-state index contributed by atoms with van der Waals surface area (Å²) < 4.78 is 6.94. The van der Waals surface area contributed by atoms with Gasteiger partial charge < -0.3 is 4.74 Å². The summed E-state index contributed by atoms with van der Waals surface area (Å²) in [4.78, 5) is 22.0. The van der Waals surface area contributed by atoms with Crippen LogP contribution in [0.5, 0.6) is 5.75 Å². The molecule has 0 fully saturated rings. The molecule has 0 aliphatic carbocycles. The lowest BCUT2D eigenvalue weighted by Crippen LogP contribution is -2.24. The zero-order chi connectivity index (χ0) is 19.3. The highest BCUT2D eigenvalue weighted by Crippen LogP contribution is 2.24. The molecule has 2 heterocycles. The molecule has 0 radical (unpaired) electrons. The Balaban J connectivity index is 1.70. The van der Waals surface area contributed by atoms with Crippen molar-refractivity contribution >= 4 is 22.7 Å². The van der Waals surface area contributed by atoms with Crippen molar-refractivity contribution < 1.29 is 4.74 Å². The maximum atomic E-state index is 13.1. The molecule has 0 bridgehead atoms. The molecular weight excluding hydrogens is 370 g/mol. The summed E-state index contributed by atoms with van der Waals surface area (Å²) in [6.45, 7) is 0.440. The van der Waals surface area contributed by atoms with E-state index in [-0.39, 0.29) is 5.56 Å². The second-order valence-corrected chi connectivity index (χ2v) is 7.24. The molecule has 0 spiro atoms. The van der Waals surface area contributed by atoms with Crippen molar-refractivity contribution in [1.82, 2.24) is 14.5 Å². The zero-order valence-electron chi connectivity index (χ0n) is 15.4. The minimum absolute atomic E-state index is 0.0355. The lowest BCUT2D eigenvalue weighted by molar-refractivity contribution is 0.414. The van der Waals surface area contributed by atoms with Gasteiger partial charge in [0.05, 0.1) is 24.6 Å². The number of hydrogen-bond donors (Lipinski definition) is 0. The molecule has 140 valence electrons. The Morgan fingerprint density at radius 2 is 1.82 bits per heavy atom. The number of aromatic nitrogens is 3. The van der Waals surface area contributed by atoms with E-state index in [1.54, 1.807) is 35.8 Å². The van der Waals surface area contributed by atoms with E-state index in [4.69, 9.17) is 9.72 Å². The number of methoxy groups -OCH3 is 1. The maximum absolute atomic E-state index is 13.1. The average molecular weight is 389 g/mol. The fraction of sp³-hybridized carbons (Fsp3) is 0.136. The van der Waals surface area contributed by atoms with E-state index in [0.29, 0.717) is 28.4 Å². The molecule has 4 aromatic rings. The van der Waals surface area contributed by atoms with E-state index in [1.807, 2.05) is 60.7 Å². The molecule has 0 N–H and O–H groups in total. The molecule has 4 rings (SSSR count). The summed E-state index contributed by atoms with van der Waals surface area (Å²) in [5.41, 5.74) is 2.79. The molecule has 28 heavy (non-hydrogen) atoms. The zero-order valence-corrected chi connectivity index (χ0v) is 16.2. The summed E-state index contributed by atoms with van der Waals surface area (Å²) >= 11 is 1.55. The summed E-state index contributed by atoms with van der Waals surface area (Å²) in [7, 11) is 1.65. The fourth-order valence-electron chi connectivity index (χ4n) is 2.94. The first-order chi connectivity index (χ1) is 13.7. The van der Waals surface area contributed by atoms with E-state index in [0.717, 1.165) is 16.9 Å². The lowest BCUT2D eigenvalue weighted by Gasteiger charge is -2.13. The number of para-hydroxylation sites is 1. The fourth-order valence-corrected chi connectivity index (χ4v) is 3.90. The van der Waals surface area contributed by atoms with Crippen LogP contribution < -0.4 is 10.3 Å². The largest absolute Gasteiger partial charge is 0.497 e. The highest BCUT2D eigenvalue weighted by molar-refractivity contribution is 7.98. The minimum atomic E-state index is -0.0355. The van der Waals surface area contributed by atoms with E-state index < -0.39 is 0 Å². The quantitative estimate of drug-likeness (QED) is 0.366. The molecule has 0 saturated heterocycles. The maximum Gasteiger partial charge on any atom is 0.262 e. The number of fused-ring (bicyclic) bond motifs is 1. The molecular formula is C22H19N3O2S. The topological polar surface area (TPSA) is 57.0 Å². The third-order valence-corrected chi connectivity index (χ3v) is 5.46. The second-order valence-electron chi connectivity index (χ2n) is 6.30. The Morgan fingerprint density at radius 1 is 1.00 bits per heavy atom. The summed E-state index contributed by atoms with van der Waals surface area (Å²) in [6.07, 6.45) is 3.50. The van der Waals surface area contributed by atoms with Crippen LogP contribution in [0.1, 0.15) is 11.1 Å². The molecule has 2 aromatic heterocycles. The van der Waals surface area contributed by atoms with Crippen LogP contribution in [0.15, 0.2) is 83.0 Å². The monoisotopic (exact) mass is 389 g/mol. The van der Waals surface area contributed by atoms with E-state index in [9.17, 15) is 4.79 Å². The smallest absolute Gasteiger partial charge is 0.262 e. The predicted octanol–water partition coefficient (Wildman–Crippen LogP) is 4.14. The van der Waals surface area contributed by atoms with Crippen LogP contribution in [-0.4, -0.2) is 21.6 Å². The van der Waals surface area contributed by atoms with E-state index >= 15 is 0 Å².